The van der Waals surface area contributed by atoms with Crippen LogP contribution >= 0.6 is 0 Å². The molecule has 0 saturated carbocycles. The van der Waals surface area contributed by atoms with Crippen molar-refractivity contribution in [3.05, 3.63) is 53.5 Å². The van der Waals surface area contributed by atoms with E-state index in [0.29, 0.717) is 17.9 Å². The predicted molar refractivity (Wildman–Crippen MR) is 86.9 cm³/mol. The Labute approximate surface area is 129 Å². The highest BCUT2D eigenvalue weighted by molar-refractivity contribution is 5.88. The molecule has 1 unspecified atom stereocenters. The molecule has 3 heterocycles. The van der Waals surface area contributed by atoms with Gasteiger partial charge in [-0.15, -0.1) is 0 Å². The first-order valence-corrected chi connectivity index (χ1v) is 8.19. The normalized spacial score (nSPS) is 27.0. The van der Waals surface area contributed by atoms with Gasteiger partial charge in [-0.1, -0.05) is 12.1 Å². The first-order valence-electron chi connectivity index (χ1n) is 8.19. The molecule has 0 spiro atoms. The molecule has 22 heavy (non-hydrogen) atoms. The smallest absolute Gasteiger partial charge is 0.0490 e. The molecule has 0 radical (unpaired) electrons. The molecule has 1 saturated heterocycles. The lowest BCUT2D eigenvalue weighted by Gasteiger charge is -2.40. The van der Waals surface area contributed by atoms with E-state index < -0.39 is 0 Å². The van der Waals surface area contributed by atoms with E-state index in [9.17, 15) is 0 Å². The Morgan fingerprint density at radius 2 is 2.23 bits per heavy atom. The summed E-state index contributed by atoms with van der Waals surface area (Å²) in [6, 6.07) is 9.40. The van der Waals surface area contributed by atoms with E-state index in [-0.39, 0.29) is 0 Å². The van der Waals surface area contributed by atoms with Gasteiger partial charge < -0.3 is 10.3 Å². The van der Waals surface area contributed by atoms with Gasteiger partial charge in [-0.25, -0.2) is 0 Å². The molecule has 2 aliphatic rings. The van der Waals surface area contributed by atoms with E-state index in [0.717, 1.165) is 19.4 Å². The quantitative estimate of drug-likeness (QED) is 0.680. The number of hydrogen-bond donors (Lipinski definition) is 3. The molecule has 1 aliphatic carbocycles. The molecule has 0 bridgehead atoms. The van der Waals surface area contributed by atoms with Crippen LogP contribution in [0, 0.1) is 5.92 Å². The number of aromatic nitrogens is 3. The Morgan fingerprint density at radius 3 is 3.14 bits per heavy atom. The molecule has 0 amide bonds. The van der Waals surface area contributed by atoms with Crippen LogP contribution in [-0.2, 0) is 12.8 Å². The van der Waals surface area contributed by atoms with E-state index in [1.807, 2.05) is 6.20 Å². The number of benzene rings is 1. The van der Waals surface area contributed by atoms with Crippen molar-refractivity contribution >= 4 is 10.9 Å². The Bertz CT molecular complexity index is 802. The fraction of sp³-hybridized carbons (Fsp3) is 0.389. The Hall–Kier alpha value is -2.07. The number of hydrogen-bond acceptors (Lipinski definition) is 2. The van der Waals surface area contributed by atoms with Gasteiger partial charge in [-0.05, 0) is 55.0 Å². The van der Waals surface area contributed by atoms with Crippen LogP contribution in [0.15, 0.2) is 36.7 Å². The Kier molecular flexibility index (Phi) is 2.67. The zero-order valence-electron chi connectivity index (χ0n) is 12.5. The molecule has 2 aromatic heterocycles. The van der Waals surface area contributed by atoms with E-state index in [1.54, 1.807) is 0 Å². The maximum atomic E-state index is 4.07. The summed E-state index contributed by atoms with van der Waals surface area (Å²) < 4.78 is 0. The summed E-state index contributed by atoms with van der Waals surface area (Å²) in [7, 11) is 0. The number of nitrogens with one attached hydrogen (secondary N) is 3. The highest BCUT2D eigenvalue weighted by Crippen LogP contribution is 2.42. The summed E-state index contributed by atoms with van der Waals surface area (Å²) in [5, 5.41) is 12.5. The molecule has 4 heteroatoms. The molecule has 1 fully saturated rings. The number of nitrogens with zero attached hydrogens (tertiary/aromatic N) is 1. The van der Waals surface area contributed by atoms with Gasteiger partial charge in [0.2, 0.25) is 0 Å². The number of fused-ring (bicyclic) bond motifs is 2. The lowest BCUT2D eigenvalue weighted by molar-refractivity contribution is 0.266. The average Bonchev–Trinajstić information content (AvgIpc) is 3.19. The summed E-state index contributed by atoms with van der Waals surface area (Å²) >= 11 is 0. The second-order valence-electron chi connectivity index (χ2n) is 6.80. The van der Waals surface area contributed by atoms with Crippen LogP contribution in [-0.4, -0.2) is 27.8 Å². The topological polar surface area (TPSA) is 56.5 Å². The van der Waals surface area contributed by atoms with Gasteiger partial charge in [-0.3, -0.25) is 5.10 Å². The average molecular weight is 292 g/mol. The SMILES string of the molecule is c1cc2c3c(c[nH]c3c1)C[C@H]1NCC(Cc3ccn[nH]3)C[C@H]21. The van der Waals surface area contributed by atoms with Crippen molar-refractivity contribution in [2.24, 2.45) is 5.92 Å². The number of rotatable bonds is 2. The Balaban J connectivity index is 1.48. The molecule has 3 N–H and O–H groups in total. The van der Waals surface area contributed by atoms with Crippen molar-refractivity contribution in [2.75, 3.05) is 6.54 Å². The first-order chi connectivity index (χ1) is 10.9. The summed E-state index contributed by atoms with van der Waals surface area (Å²) in [6.45, 7) is 1.11. The third kappa shape index (κ3) is 1.83. The second kappa shape index (κ2) is 4.71. The summed E-state index contributed by atoms with van der Waals surface area (Å²) in [5.41, 5.74) is 5.56. The maximum Gasteiger partial charge on any atom is 0.0490 e. The van der Waals surface area contributed by atoms with Crippen molar-refractivity contribution < 1.29 is 0 Å². The van der Waals surface area contributed by atoms with E-state index >= 15 is 0 Å². The van der Waals surface area contributed by atoms with Crippen LogP contribution in [0.3, 0.4) is 0 Å². The molecular weight excluding hydrogens is 272 g/mol. The molecule has 1 aromatic carbocycles. The van der Waals surface area contributed by atoms with E-state index in [4.69, 9.17) is 0 Å². The number of piperidine rings is 1. The van der Waals surface area contributed by atoms with Gasteiger partial charge in [-0.2, -0.15) is 5.10 Å². The van der Waals surface area contributed by atoms with Crippen LogP contribution in [0.1, 0.15) is 29.2 Å². The fourth-order valence-corrected chi connectivity index (χ4v) is 4.48. The van der Waals surface area contributed by atoms with Crippen LogP contribution < -0.4 is 5.32 Å². The van der Waals surface area contributed by atoms with Crippen LogP contribution in [0.4, 0.5) is 0 Å². The van der Waals surface area contributed by atoms with Gasteiger partial charge in [0.05, 0.1) is 0 Å². The second-order valence-corrected chi connectivity index (χ2v) is 6.80. The number of H-pyrrole nitrogens is 2. The molecule has 5 rings (SSSR count). The minimum Gasteiger partial charge on any atom is -0.361 e. The molecule has 3 atom stereocenters. The van der Waals surface area contributed by atoms with Crippen LogP contribution in [0.25, 0.3) is 10.9 Å². The fourth-order valence-electron chi connectivity index (χ4n) is 4.48. The van der Waals surface area contributed by atoms with Gasteiger partial charge >= 0.3 is 0 Å². The zero-order valence-corrected chi connectivity index (χ0v) is 12.5. The van der Waals surface area contributed by atoms with E-state index in [2.05, 4.69) is 51.0 Å². The summed E-state index contributed by atoms with van der Waals surface area (Å²) in [6.07, 6.45) is 7.55. The van der Waals surface area contributed by atoms with Crippen molar-refractivity contribution in [3.8, 4) is 0 Å². The molecule has 1 aliphatic heterocycles. The largest absolute Gasteiger partial charge is 0.361 e. The molecular formula is C18H20N4. The van der Waals surface area contributed by atoms with Crippen LogP contribution in [0.2, 0.25) is 0 Å². The molecule has 4 nitrogen and oxygen atoms in total. The van der Waals surface area contributed by atoms with Crippen LogP contribution in [0.5, 0.6) is 0 Å². The monoisotopic (exact) mass is 292 g/mol. The lowest BCUT2D eigenvalue weighted by Crippen LogP contribution is -2.47. The lowest BCUT2D eigenvalue weighted by atomic mass is 9.72. The van der Waals surface area contributed by atoms with Gasteiger partial charge in [0.1, 0.15) is 0 Å². The third-order valence-corrected chi connectivity index (χ3v) is 5.47. The highest BCUT2D eigenvalue weighted by atomic mass is 15.1. The highest BCUT2D eigenvalue weighted by Gasteiger charge is 2.36. The van der Waals surface area contributed by atoms with Gasteiger partial charge in [0.25, 0.3) is 0 Å². The van der Waals surface area contributed by atoms with E-state index in [1.165, 1.54) is 34.1 Å². The van der Waals surface area contributed by atoms with Gasteiger partial charge in [0, 0.05) is 41.0 Å². The summed E-state index contributed by atoms with van der Waals surface area (Å²) in [5.74, 6) is 1.31. The summed E-state index contributed by atoms with van der Waals surface area (Å²) in [4.78, 5) is 3.44. The Morgan fingerprint density at radius 1 is 1.23 bits per heavy atom. The predicted octanol–water partition coefficient (Wildman–Crippen LogP) is 2.75. The minimum atomic E-state index is 0.590. The first kappa shape index (κ1) is 12.5. The minimum absolute atomic E-state index is 0.590. The van der Waals surface area contributed by atoms with Gasteiger partial charge in [0.15, 0.2) is 0 Å². The standard InChI is InChI=1S/C18H20N4/c1-2-14-15-7-11(6-13-4-5-21-22-13)9-19-17(15)8-12-10-20-16(3-1)18(12)14/h1-5,10-11,15,17,19-20H,6-9H2,(H,21,22)/t11?,15-,17-/m1/s1. The van der Waals surface area contributed by atoms with Crippen molar-refractivity contribution in [3.63, 3.8) is 0 Å². The maximum absolute atomic E-state index is 4.07. The zero-order chi connectivity index (χ0) is 14.5. The molecule has 3 aromatic rings. The third-order valence-electron chi connectivity index (χ3n) is 5.47. The number of aromatic amines is 2. The van der Waals surface area contributed by atoms with Crippen molar-refractivity contribution in [1.29, 1.82) is 0 Å². The molecule has 112 valence electrons. The van der Waals surface area contributed by atoms with Crippen molar-refractivity contribution in [2.45, 2.75) is 31.2 Å². The van der Waals surface area contributed by atoms with Crippen molar-refractivity contribution in [1.82, 2.24) is 20.5 Å².